The molecule has 2 heterocycles. The van der Waals surface area contributed by atoms with Crippen molar-refractivity contribution in [3.63, 3.8) is 0 Å². The van der Waals surface area contributed by atoms with Crippen LogP contribution in [0.5, 0.6) is 0 Å². The van der Waals surface area contributed by atoms with Crippen LogP contribution in [0.15, 0.2) is 71.8 Å². The molecule has 2 unspecified atom stereocenters. The quantitative estimate of drug-likeness (QED) is 0.0920. The summed E-state index contributed by atoms with van der Waals surface area (Å²) in [6, 6.07) is 18.1. The second-order valence-electron chi connectivity index (χ2n) is 22.2. The lowest BCUT2D eigenvalue weighted by molar-refractivity contribution is -0.344. The highest BCUT2D eigenvalue weighted by Gasteiger charge is 2.79. The van der Waals surface area contributed by atoms with Crippen LogP contribution in [0.1, 0.15) is 132 Å². The molecule has 3 aliphatic carbocycles. The number of nitrogens with zero attached hydrogens (tertiary/aromatic N) is 1. The number of hydrogen-bond acceptors (Lipinski definition) is 15. The first-order valence-corrected chi connectivity index (χ1v) is 27.5. The summed E-state index contributed by atoms with van der Waals surface area (Å²) >= 11 is 0. The number of ether oxygens (including phenoxy) is 7. The Balaban J connectivity index is 1.47. The Hall–Kier alpha value is -4.94. The van der Waals surface area contributed by atoms with Gasteiger partial charge in [0.25, 0.3) is 0 Å². The summed E-state index contributed by atoms with van der Waals surface area (Å²) in [5.41, 5.74) is -8.64. The Labute approximate surface area is 418 Å². The molecule has 4 fully saturated rings. The van der Waals surface area contributed by atoms with Crippen LogP contribution in [0.2, 0.25) is 18.1 Å². The maximum atomic E-state index is 16.4. The predicted molar refractivity (Wildman–Crippen MR) is 261 cm³/mol. The van der Waals surface area contributed by atoms with Gasteiger partial charge in [-0.2, -0.15) is 0 Å². The highest BCUT2D eigenvalue weighted by molar-refractivity contribution is 6.73. The van der Waals surface area contributed by atoms with Crippen molar-refractivity contribution in [3.8, 4) is 0 Å². The molecular weight excluding hydrogens is 931 g/mol. The number of carbonyl (C=O) groups excluding carboxylic acids is 6. The Morgan fingerprint density at radius 3 is 1.96 bits per heavy atom. The summed E-state index contributed by atoms with van der Waals surface area (Å²) in [6.45, 7) is 23.5. The number of esters is 4. The second-order valence-corrected chi connectivity index (χ2v) is 26.9. The fraction of sp³-hybridized carbons (Fsp3) is 0.630. The van der Waals surface area contributed by atoms with E-state index in [0.717, 1.165) is 0 Å². The fourth-order valence-corrected chi connectivity index (χ4v) is 15.3. The van der Waals surface area contributed by atoms with E-state index in [4.69, 9.17) is 37.6 Å². The molecule has 2 aliphatic heterocycles. The average molecular weight is 1000 g/mol. The van der Waals surface area contributed by atoms with Gasteiger partial charge in [0.05, 0.1) is 29.6 Å². The summed E-state index contributed by atoms with van der Waals surface area (Å²) in [7, 11) is -2.63. The van der Waals surface area contributed by atoms with Crippen LogP contribution in [0.4, 0.5) is 4.79 Å². The van der Waals surface area contributed by atoms with Gasteiger partial charge in [0.1, 0.15) is 41.3 Å². The zero-order chi connectivity index (χ0) is 52.4. The number of amides is 1. The smallest absolute Gasteiger partial charge is 0.413 e. The molecule has 2 saturated heterocycles. The summed E-state index contributed by atoms with van der Waals surface area (Å²) in [5.74, 6) is -5.33. The molecule has 11 atom stereocenters. The molecule has 2 aromatic rings. The van der Waals surface area contributed by atoms with Gasteiger partial charge in [-0.25, -0.2) is 14.4 Å². The maximum Gasteiger partial charge on any atom is 0.413 e. The molecule has 2 saturated carbocycles. The summed E-state index contributed by atoms with van der Waals surface area (Å²) in [4.78, 5) is 88.8. The SMILES string of the molecule is CC[Si](CC)(CC)O[C@@H]1C[C@H]2OC[C@@]2(OC(C)=O)C2C(OC(=O)c3ccccc3)[C@]3(O)C[C@H](OC(=O)[C@@H]4OC(C)(C)N(C(=O)OC(C)(C)C)[C@H]4c4ccccc4)C(C)=C([C@@H](OC(C)=O)C(=O)[C@@]21C)C3(C)C. The first-order chi connectivity index (χ1) is 33.1. The van der Waals surface area contributed by atoms with Gasteiger partial charge in [0.2, 0.25) is 0 Å². The summed E-state index contributed by atoms with van der Waals surface area (Å²) in [6.07, 6.45) is -9.21. The minimum atomic E-state index is -2.63. The van der Waals surface area contributed by atoms with Gasteiger partial charge >= 0.3 is 30.0 Å². The Bertz CT molecular complexity index is 2420. The molecule has 7 rings (SSSR count). The van der Waals surface area contributed by atoms with Crippen molar-refractivity contribution in [1.29, 1.82) is 0 Å². The van der Waals surface area contributed by atoms with Crippen molar-refractivity contribution in [3.05, 3.63) is 82.9 Å². The molecule has 1 amide bonds. The highest BCUT2D eigenvalue weighted by Crippen LogP contribution is 2.65. The number of hydrogen-bond donors (Lipinski definition) is 1. The molecule has 388 valence electrons. The third kappa shape index (κ3) is 9.16. The van der Waals surface area contributed by atoms with Crippen LogP contribution in [0.25, 0.3) is 0 Å². The minimum absolute atomic E-state index is 0.0909. The molecule has 16 nitrogen and oxygen atoms in total. The van der Waals surface area contributed by atoms with Crippen LogP contribution in [0.3, 0.4) is 0 Å². The van der Waals surface area contributed by atoms with E-state index < -0.39 is 132 Å². The minimum Gasteiger partial charge on any atom is -0.456 e. The van der Waals surface area contributed by atoms with E-state index >= 15 is 9.59 Å². The zero-order valence-corrected chi connectivity index (χ0v) is 44.7. The van der Waals surface area contributed by atoms with E-state index in [1.165, 1.54) is 18.7 Å². The fourth-order valence-electron chi connectivity index (χ4n) is 12.4. The molecule has 0 spiro atoms. The first-order valence-electron chi connectivity index (χ1n) is 24.9. The largest absolute Gasteiger partial charge is 0.456 e. The van der Waals surface area contributed by atoms with Gasteiger partial charge in [-0.15, -0.1) is 0 Å². The number of aliphatic hydroxyl groups is 1. The third-order valence-corrected chi connectivity index (χ3v) is 20.9. The lowest BCUT2D eigenvalue weighted by Crippen LogP contribution is -2.82. The van der Waals surface area contributed by atoms with Crippen molar-refractivity contribution < 1.29 is 71.5 Å². The Morgan fingerprint density at radius 2 is 1.44 bits per heavy atom. The van der Waals surface area contributed by atoms with E-state index in [-0.39, 0.29) is 24.2 Å². The monoisotopic (exact) mass is 1000 g/mol. The van der Waals surface area contributed by atoms with E-state index in [1.54, 1.807) is 123 Å². The van der Waals surface area contributed by atoms with Gasteiger partial charge < -0.3 is 42.7 Å². The Kier molecular flexibility index (Phi) is 14.5. The average Bonchev–Trinajstić information content (AvgIpc) is 3.59. The molecule has 1 N–H and O–H groups in total. The normalized spacial score (nSPS) is 33.0. The van der Waals surface area contributed by atoms with Gasteiger partial charge in [-0.1, -0.05) is 83.1 Å². The molecule has 0 radical (unpaired) electrons. The van der Waals surface area contributed by atoms with Crippen molar-refractivity contribution in [1.82, 2.24) is 4.90 Å². The van der Waals surface area contributed by atoms with Crippen molar-refractivity contribution in [2.75, 3.05) is 6.61 Å². The van der Waals surface area contributed by atoms with Gasteiger partial charge in [-0.05, 0) is 95.4 Å². The van der Waals surface area contributed by atoms with E-state index in [1.807, 2.05) is 0 Å². The van der Waals surface area contributed by atoms with E-state index in [2.05, 4.69) is 20.8 Å². The number of carbonyl (C=O) groups is 6. The number of rotatable bonds is 12. The number of benzene rings is 2. The molecule has 0 aromatic heterocycles. The molecular formula is C54H73NO15Si. The zero-order valence-electron chi connectivity index (χ0n) is 43.7. The predicted octanol–water partition coefficient (Wildman–Crippen LogP) is 8.35. The number of Topliss-reactive ketones (excluding diaryl/α,β-unsaturated/α-hetero) is 1. The second kappa shape index (κ2) is 19.2. The topological polar surface area (TPSA) is 200 Å². The molecule has 5 aliphatic rings. The maximum absolute atomic E-state index is 16.4. The van der Waals surface area contributed by atoms with E-state index in [0.29, 0.717) is 29.3 Å². The Morgan fingerprint density at radius 1 is 0.845 bits per heavy atom. The third-order valence-electron chi connectivity index (χ3n) is 16.3. The van der Waals surface area contributed by atoms with Crippen LogP contribution < -0.4 is 0 Å². The van der Waals surface area contributed by atoms with Crippen molar-refractivity contribution in [2.45, 2.75) is 193 Å². The lowest BCUT2D eigenvalue weighted by atomic mass is 9.44. The molecule has 71 heavy (non-hydrogen) atoms. The van der Waals surface area contributed by atoms with Gasteiger partial charge in [-0.3, -0.25) is 19.3 Å². The standard InChI is InChI=1S/C54H73NO15Si/c1-15-71(16-2,17-3)70-37-28-38-53(30-63-38,67-33(6)57)43-45(66-46(59)35-26-22-19-23-27-35)54(62)29-36(31(4)39(50(54,10)11)41(64-32(5)56)44(58)52(37,43)14)65-47(60)42-40(34-24-20-18-21-25-34)55(51(12,13)68-42)48(61)69-49(7,8)9/h18-27,36-38,40-43,45,62H,15-17,28-30H2,1-14H3/t36-,37+,38+,40-,41+,42+,43?,45?,52+,53-,54+/m0/s1. The van der Waals surface area contributed by atoms with Crippen LogP contribution in [-0.4, -0.2) is 120 Å². The summed E-state index contributed by atoms with van der Waals surface area (Å²) < 4.78 is 51.8. The van der Waals surface area contributed by atoms with Crippen LogP contribution >= 0.6 is 0 Å². The van der Waals surface area contributed by atoms with Gasteiger partial charge in [0.15, 0.2) is 31.9 Å². The van der Waals surface area contributed by atoms with Crippen molar-refractivity contribution in [2.24, 2.45) is 16.7 Å². The molecule has 2 aromatic carbocycles. The molecule has 2 bridgehead atoms. The van der Waals surface area contributed by atoms with E-state index in [9.17, 15) is 24.3 Å². The highest BCUT2D eigenvalue weighted by atomic mass is 28.4. The lowest BCUT2D eigenvalue weighted by Gasteiger charge is -2.68. The number of fused-ring (bicyclic) bond motifs is 5. The van der Waals surface area contributed by atoms with Crippen LogP contribution in [0, 0.1) is 16.7 Å². The van der Waals surface area contributed by atoms with Crippen LogP contribution in [-0.2, 0) is 56.8 Å². The van der Waals surface area contributed by atoms with Gasteiger partial charge in [0, 0.05) is 32.1 Å². The summed E-state index contributed by atoms with van der Waals surface area (Å²) in [5, 5.41) is 14.2. The number of ketones is 1. The van der Waals surface area contributed by atoms with Crippen molar-refractivity contribution >= 4 is 44.1 Å². The first kappa shape index (κ1) is 53.8. The molecule has 17 heteroatoms.